The number of nitrogens with one attached hydrogen (secondary N) is 1. The molecule has 1 N–H and O–H groups in total. The first-order valence-electron chi connectivity index (χ1n) is 6.11. The lowest BCUT2D eigenvalue weighted by atomic mass is 10.3. The molecule has 1 atom stereocenters. The van der Waals surface area contributed by atoms with Gasteiger partial charge in [-0.1, -0.05) is 11.2 Å². The first kappa shape index (κ1) is 11.8. The molecule has 0 amide bonds. The Hall–Kier alpha value is -1.24. The molecule has 5 nitrogen and oxygen atoms in total. The van der Waals surface area contributed by atoms with Gasteiger partial charge in [-0.15, -0.1) is 11.3 Å². The minimum atomic E-state index is 0.591. The fourth-order valence-corrected chi connectivity index (χ4v) is 2.88. The number of likely N-dealkylation sites (N-methyl/N-ethyl adjacent to an activating group) is 1. The van der Waals surface area contributed by atoms with Crippen LogP contribution in [0.3, 0.4) is 0 Å². The van der Waals surface area contributed by atoms with Gasteiger partial charge in [0.15, 0.2) is 5.82 Å². The molecule has 18 heavy (non-hydrogen) atoms. The number of likely N-dealkylation sites (tertiary alicyclic amines) is 1. The van der Waals surface area contributed by atoms with Gasteiger partial charge >= 0.3 is 0 Å². The Balaban J connectivity index is 1.64. The van der Waals surface area contributed by atoms with E-state index in [0.717, 1.165) is 30.3 Å². The standard InChI is InChI=1S/C12H16N4OS/c1-13-9-4-5-16(7-9)8-11-14-12(17-15-11)10-3-2-6-18-10/h2-3,6,9,13H,4-5,7-8H2,1H3. The van der Waals surface area contributed by atoms with Crippen molar-refractivity contribution in [1.82, 2.24) is 20.4 Å². The predicted octanol–water partition coefficient (Wildman–Crippen LogP) is 1.59. The molecule has 2 aromatic rings. The van der Waals surface area contributed by atoms with E-state index in [-0.39, 0.29) is 0 Å². The summed E-state index contributed by atoms with van der Waals surface area (Å²) in [6, 6.07) is 4.57. The summed E-state index contributed by atoms with van der Waals surface area (Å²) >= 11 is 1.62. The molecule has 1 aliphatic heterocycles. The highest BCUT2D eigenvalue weighted by Crippen LogP contribution is 2.23. The highest BCUT2D eigenvalue weighted by atomic mass is 32.1. The SMILES string of the molecule is CNC1CCN(Cc2noc(-c3cccs3)n2)C1. The number of nitrogens with zero attached hydrogens (tertiary/aromatic N) is 3. The van der Waals surface area contributed by atoms with Crippen LogP contribution in [-0.4, -0.2) is 41.2 Å². The quantitative estimate of drug-likeness (QED) is 0.909. The van der Waals surface area contributed by atoms with Gasteiger partial charge in [0.05, 0.1) is 11.4 Å². The molecule has 96 valence electrons. The van der Waals surface area contributed by atoms with Crippen LogP contribution in [0.2, 0.25) is 0 Å². The molecule has 2 aromatic heterocycles. The van der Waals surface area contributed by atoms with Gasteiger partial charge in [0.25, 0.3) is 5.89 Å². The minimum Gasteiger partial charge on any atom is -0.333 e. The smallest absolute Gasteiger partial charge is 0.268 e. The average molecular weight is 264 g/mol. The van der Waals surface area contributed by atoms with Gasteiger partial charge in [-0.2, -0.15) is 4.98 Å². The van der Waals surface area contributed by atoms with E-state index in [1.165, 1.54) is 6.42 Å². The molecular weight excluding hydrogens is 248 g/mol. The first-order valence-corrected chi connectivity index (χ1v) is 6.99. The van der Waals surface area contributed by atoms with Crippen LogP contribution in [0.5, 0.6) is 0 Å². The molecule has 0 bridgehead atoms. The lowest BCUT2D eigenvalue weighted by Crippen LogP contribution is -2.29. The van der Waals surface area contributed by atoms with Crippen molar-refractivity contribution >= 4 is 11.3 Å². The topological polar surface area (TPSA) is 54.2 Å². The third kappa shape index (κ3) is 2.45. The second kappa shape index (κ2) is 5.17. The van der Waals surface area contributed by atoms with E-state index in [2.05, 4.69) is 20.4 Å². The second-order valence-corrected chi connectivity index (χ2v) is 5.45. The summed E-state index contributed by atoms with van der Waals surface area (Å²) < 4.78 is 5.28. The summed E-state index contributed by atoms with van der Waals surface area (Å²) in [6.07, 6.45) is 1.19. The molecule has 6 heteroatoms. The molecule has 3 heterocycles. The first-order chi connectivity index (χ1) is 8.85. The fraction of sp³-hybridized carbons (Fsp3) is 0.500. The van der Waals surface area contributed by atoms with Crippen LogP contribution in [0.4, 0.5) is 0 Å². The largest absolute Gasteiger partial charge is 0.333 e. The van der Waals surface area contributed by atoms with Crippen LogP contribution in [0, 0.1) is 0 Å². The van der Waals surface area contributed by atoms with Gasteiger partial charge in [-0.05, 0) is 24.9 Å². The second-order valence-electron chi connectivity index (χ2n) is 4.50. The Kier molecular flexibility index (Phi) is 3.40. The predicted molar refractivity (Wildman–Crippen MR) is 70.4 cm³/mol. The molecule has 0 spiro atoms. The van der Waals surface area contributed by atoms with Crippen LogP contribution in [-0.2, 0) is 6.54 Å². The highest BCUT2D eigenvalue weighted by molar-refractivity contribution is 7.13. The average Bonchev–Trinajstić information content (AvgIpc) is 3.10. The van der Waals surface area contributed by atoms with Gasteiger partial charge in [0.1, 0.15) is 0 Å². The number of rotatable bonds is 4. The van der Waals surface area contributed by atoms with E-state index in [0.29, 0.717) is 11.9 Å². The Morgan fingerprint density at radius 3 is 3.28 bits per heavy atom. The molecule has 3 rings (SSSR count). The summed E-state index contributed by atoms with van der Waals surface area (Å²) in [5, 5.41) is 9.36. The molecule has 1 unspecified atom stereocenters. The molecule has 0 saturated carbocycles. The lowest BCUT2D eigenvalue weighted by molar-refractivity contribution is 0.305. The van der Waals surface area contributed by atoms with Crippen LogP contribution in [0.1, 0.15) is 12.2 Å². The van der Waals surface area contributed by atoms with Gasteiger partial charge in [0.2, 0.25) is 0 Å². The van der Waals surface area contributed by atoms with Crippen LogP contribution in [0.15, 0.2) is 22.0 Å². The zero-order valence-electron chi connectivity index (χ0n) is 10.3. The third-order valence-electron chi connectivity index (χ3n) is 3.25. The number of hydrogen-bond acceptors (Lipinski definition) is 6. The summed E-state index contributed by atoms with van der Waals surface area (Å²) in [5.41, 5.74) is 0. The Morgan fingerprint density at radius 2 is 2.56 bits per heavy atom. The van der Waals surface area contributed by atoms with Crippen molar-refractivity contribution in [1.29, 1.82) is 0 Å². The monoisotopic (exact) mass is 264 g/mol. The zero-order valence-corrected chi connectivity index (χ0v) is 11.1. The molecular formula is C12H16N4OS. The van der Waals surface area contributed by atoms with Crippen LogP contribution < -0.4 is 5.32 Å². The number of hydrogen-bond donors (Lipinski definition) is 1. The molecule has 0 aromatic carbocycles. The van der Waals surface area contributed by atoms with Crippen molar-refractivity contribution in [3.05, 3.63) is 23.3 Å². The van der Waals surface area contributed by atoms with Crippen molar-refractivity contribution in [3.63, 3.8) is 0 Å². The third-order valence-corrected chi connectivity index (χ3v) is 4.10. The van der Waals surface area contributed by atoms with Crippen molar-refractivity contribution in [3.8, 4) is 10.8 Å². The Labute approximate surface area is 110 Å². The molecule has 0 radical (unpaired) electrons. The summed E-state index contributed by atoms with van der Waals surface area (Å²) in [6.45, 7) is 2.92. The molecule has 1 aliphatic rings. The highest BCUT2D eigenvalue weighted by Gasteiger charge is 2.22. The van der Waals surface area contributed by atoms with Crippen molar-refractivity contribution < 1.29 is 4.52 Å². The molecule has 1 fully saturated rings. The lowest BCUT2D eigenvalue weighted by Gasteiger charge is -2.12. The Bertz CT molecular complexity index is 496. The van der Waals surface area contributed by atoms with E-state index in [9.17, 15) is 0 Å². The number of aromatic nitrogens is 2. The van der Waals surface area contributed by atoms with E-state index >= 15 is 0 Å². The molecule has 0 aliphatic carbocycles. The van der Waals surface area contributed by atoms with Crippen molar-refractivity contribution in [2.24, 2.45) is 0 Å². The maximum absolute atomic E-state index is 5.28. The van der Waals surface area contributed by atoms with Gasteiger partial charge in [-0.3, -0.25) is 4.90 Å². The fourth-order valence-electron chi connectivity index (χ4n) is 2.23. The maximum Gasteiger partial charge on any atom is 0.268 e. The summed E-state index contributed by atoms with van der Waals surface area (Å²) in [4.78, 5) is 7.82. The normalized spacial score (nSPS) is 20.6. The van der Waals surface area contributed by atoms with Gasteiger partial charge < -0.3 is 9.84 Å². The molecule has 1 saturated heterocycles. The van der Waals surface area contributed by atoms with Gasteiger partial charge in [-0.25, -0.2) is 0 Å². The maximum atomic E-state index is 5.28. The zero-order chi connectivity index (χ0) is 12.4. The van der Waals surface area contributed by atoms with E-state index in [1.807, 2.05) is 24.6 Å². The number of thiophene rings is 1. The summed E-state index contributed by atoms with van der Waals surface area (Å²) in [5.74, 6) is 1.40. The minimum absolute atomic E-state index is 0.591. The van der Waals surface area contributed by atoms with Crippen LogP contribution in [0.25, 0.3) is 10.8 Å². The van der Waals surface area contributed by atoms with E-state index in [1.54, 1.807) is 11.3 Å². The van der Waals surface area contributed by atoms with Crippen LogP contribution >= 0.6 is 11.3 Å². The summed E-state index contributed by atoms with van der Waals surface area (Å²) in [7, 11) is 2.01. The van der Waals surface area contributed by atoms with E-state index in [4.69, 9.17) is 4.52 Å². The van der Waals surface area contributed by atoms with Crippen molar-refractivity contribution in [2.75, 3.05) is 20.1 Å². The Morgan fingerprint density at radius 1 is 1.61 bits per heavy atom. The van der Waals surface area contributed by atoms with Crippen molar-refractivity contribution in [2.45, 2.75) is 19.0 Å². The van der Waals surface area contributed by atoms with Gasteiger partial charge in [0, 0.05) is 19.1 Å². The van der Waals surface area contributed by atoms with E-state index < -0.39 is 0 Å².